The second-order valence-electron chi connectivity index (χ2n) is 8.39. The van der Waals surface area contributed by atoms with Crippen molar-refractivity contribution in [2.45, 2.75) is 33.7 Å². The summed E-state index contributed by atoms with van der Waals surface area (Å²) in [7, 11) is 0. The maximum absolute atomic E-state index is 13.3. The summed E-state index contributed by atoms with van der Waals surface area (Å²) in [5.74, 6) is -0.736. The molecule has 182 valence electrons. The van der Waals surface area contributed by atoms with Crippen LogP contribution in [0.15, 0.2) is 60.9 Å². The Morgan fingerprint density at radius 3 is 2.69 bits per heavy atom. The van der Waals surface area contributed by atoms with E-state index in [1.165, 1.54) is 6.20 Å². The molecule has 5 aromatic rings. The summed E-state index contributed by atoms with van der Waals surface area (Å²) >= 11 is 0. The lowest BCUT2D eigenvalue weighted by atomic mass is 10.1. The second kappa shape index (κ2) is 9.61. The van der Waals surface area contributed by atoms with Gasteiger partial charge in [-0.1, -0.05) is 19.1 Å². The zero-order chi connectivity index (χ0) is 25.2. The van der Waals surface area contributed by atoms with Gasteiger partial charge in [0, 0.05) is 17.3 Å². The summed E-state index contributed by atoms with van der Waals surface area (Å²) in [4.78, 5) is 34.2. The van der Waals surface area contributed by atoms with Gasteiger partial charge in [0.15, 0.2) is 0 Å². The Morgan fingerprint density at radius 1 is 1.08 bits per heavy atom. The van der Waals surface area contributed by atoms with Gasteiger partial charge in [0.1, 0.15) is 11.3 Å². The van der Waals surface area contributed by atoms with Crippen molar-refractivity contribution in [2.75, 3.05) is 11.9 Å². The largest absolute Gasteiger partial charge is 0.462 e. The zero-order valence-electron chi connectivity index (χ0n) is 20.4. The lowest BCUT2D eigenvalue weighted by Gasteiger charge is -2.09. The summed E-state index contributed by atoms with van der Waals surface area (Å²) in [5, 5.41) is 8.76. The number of aromatic nitrogens is 5. The molecule has 0 bridgehead atoms. The highest BCUT2D eigenvalue weighted by molar-refractivity contribution is 6.09. The van der Waals surface area contributed by atoms with E-state index in [4.69, 9.17) is 9.84 Å². The fourth-order valence-electron chi connectivity index (χ4n) is 4.30. The number of benzene rings is 1. The predicted molar refractivity (Wildman–Crippen MR) is 136 cm³/mol. The molecule has 5 rings (SSSR count). The van der Waals surface area contributed by atoms with Crippen molar-refractivity contribution >= 4 is 34.1 Å². The first-order valence-corrected chi connectivity index (χ1v) is 11.8. The lowest BCUT2D eigenvalue weighted by Crippen LogP contribution is -2.15. The lowest BCUT2D eigenvalue weighted by molar-refractivity contribution is 0.0526. The Morgan fingerprint density at radius 2 is 1.92 bits per heavy atom. The van der Waals surface area contributed by atoms with Crippen molar-refractivity contribution in [1.29, 1.82) is 0 Å². The van der Waals surface area contributed by atoms with E-state index < -0.39 is 5.97 Å². The Hall–Kier alpha value is -4.53. The number of rotatable bonds is 7. The van der Waals surface area contributed by atoms with Crippen molar-refractivity contribution in [1.82, 2.24) is 24.1 Å². The van der Waals surface area contributed by atoms with Crippen LogP contribution < -0.4 is 5.32 Å². The number of pyridine rings is 2. The minimum absolute atomic E-state index is 0.287. The number of hydrogen-bond donors (Lipinski definition) is 1. The van der Waals surface area contributed by atoms with Gasteiger partial charge >= 0.3 is 5.97 Å². The van der Waals surface area contributed by atoms with Crippen LogP contribution in [0.3, 0.4) is 0 Å². The van der Waals surface area contributed by atoms with Gasteiger partial charge in [-0.3, -0.25) is 18.9 Å². The van der Waals surface area contributed by atoms with Crippen LogP contribution in [0.1, 0.15) is 51.8 Å². The van der Waals surface area contributed by atoms with E-state index in [1.54, 1.807) is 29.7 Å². The molecule has 0 fully saturated rings. The number of anilines is 1. The second-order valence-corrected chi connectivity index (χ2v) is 8.39. The average molecular weight is 483 g/mol. The van der Waals surface area contributed by atoms with Crippen molar-refractivity contribution in [2.24, 2.45) is 0 Å². The molecule has 1 amide bonds. The van der Waals surface area contributed by atoms with Gasteiger partial charge in [0.25, 0.3) is 5.91 Å². The van der Waals surface area contributed by atoms with Gasteiger partial charge < -0.3 is 10.1 Å². The van der Waals surface area contributed by atoms with Gasteiger partial charge in [-0.25, -0.2) is 9.78 Å². The van der Waals surface area contributed by atoms with Crippen molar-refractivity contribution in [3.63, 3.8) is 0 Å². The van der Waals surface area contributed by atoms with E-state index >= 15 is 0 Å². The van der Waals surface area contributed by atoms with Crippen LogP contribution in [0.25, 0.3) is 16.6 Å². The minimum atomic E-state index is -0.425. The summed E-state index contributed by atoms with van der Waals surface area (Å²) in [6, 6.07) is 14.9. The third kappa shape index (κ3) is 4.31. The van der Waals surface area contributed by atoms with Crippen molar-refractivity contribution in [3.05, 3.63) is 89.3 Å². The standard InChI is InChI=1S/C27H26N6O3/c1-4-20-25-21(10-7-11-22(25)33(31-20)16-19-9-6-8-17(3)29-19)30-26(34)23-15-28-24-14-18(12-13-32(23)24)27(35)36-5-2/h6-15H,4-5,16H2,1-3H3,(H,30,34). The molecule has 9 heteroatoms. The highest BCUT2D eigenvalue weighted by atomic mass is 16.5. The summed E-state index contributed by atoms with van der Waals surface area (Å²) in [6.07, 6.45) is 3.85. The fraction of sp³-hybridized carbons (Fsp3) is 0.222. The Balaban J connectivity index is 1.47. The molecule has 4 aromatic heterocycles. The summed E-state index contributed by atoms with van der Waals surface area (Å²) in [5.41, 5.74) is 5.59. The number of aryl methyl sites for hydroxylation is 2. The highest BCUT2D eigenvalue weighted by Crippen LogP contribution is 2.28. The number of ether oxygens (including phenoxy) is 1. The van der Waals surface area contributed by atoms with E-state index in [9.17, 15) is 9.59 Å². The fourth-order valence-corrected chi connectivity index (χ4v) is 4.30. The average Bonchev–Trinajstić information content (AvgIpc) is 3.46. The van der Waals surface area contributed by atoms with Crippen LogP contribution in [-0.2, 0) is 17.7 Å². The molecule has 0 radical (unpaired) electrons. The molecule has 36 heavy (non-hydrogen) atoms. The first-order valence-electron chi connectivity index (χ1n) is 11.8. The molecule has 9 nitrogen and oxygen atoms in total. The number of imidazole rings is 1. The van der Waals surface area contributed by atoms with E-state index in [0.717, 1.165) is 28.0 Å². The van der Waals surface area contributed by atoms with Crippen molar-refractivity contribution < 1.29 is 14.3 Å². The number of nitrogens with one attached hydrogen (secondary N) is 1. The molecule has 4 heterocycles. The molecular formula is C27H26N6O3. The number of hydrogen-bond acceptors (Lipinski definition) is 6. The highest BCUT2D eigenvalue weighted by Gasteiger charge is 2.19. The smallest absolute Gasteiger partial charge is 0.338 e. The monoisotopic (exact) mass is 482 g/mol. The van der Waals surface area contributed by atoms with Crippen LogP contribution in [0.2, 0.25) is 0 Å². The van der Waals surface area contributed by atoms with Crippen molar-refractivity contribution in [3.8, 4) is 0 Å². The molecular weight excluding hydrogens is 456 g/mol. The molecule has 0 aliphatic carbocycles. The molecule has 0 atom stereocenters. The van der Waals surface area contributed by atoms with E-state index in [1.807, 2.05) is 54.9 Å². The predicted octanol–water partition coefficient (Wildman–Crippen LogP) is 4.43. The molecule has 1 N–H and O–H groups in total. The Kier molecular flexibility index (Phi) is 6.20. The van der Waals surface area contributed by atoms with Crippen LogP contribution in [0.5, 0.6) is 0 Å². The molecule has 1 aromatic carbocycles. The molecule has 0 aliphatic heterocycles. The maximum atomic E-state index is 13.3. The number of carbonyl (C=O) groups is 2. The first-order chi connectivity index (χ1) is 17.5. The van der Waals surface area contributed by atoms with E-state index in [2.05, 4.69) is 15.3 Å². The molecule has 0 unspecified atom stereocenters. The van der Waals surface area contributed by atoms with Crippen LogP contribution in [0, 0.1) is 6.92 Å². The maximum Gasteiger partial charge on any atom is 0.338 e. The quantitative estimate of drug-likeness (QED) is 0.344. The Labute approximate surface area is 207 Å². The molecule has 0 saturated carbocycles. The van der Waals surface area contributed by atoms with Gasteiger partial charge in [-0.05, 0) is 56.7 Å². The van der Waals surface area contributed by atoms with Gasteiger partial charge in [0.2, 0.25) is 0 Å². The SMILES string of the molecule is CCOC(=O)c1ccn2c(C(=O)Nc3cccc4c3c(CC)nn4Cc3cccc(C)n3)cnc2c1. The number of esters is 1. The molecule has 0 spiro atoms. The zero-order valence-corrected chi connectivity index (χ0v) is 20.4. The van der Waals surface area contributed by atoms with E-state index in [0.29, 0.717) is 35.6 Å². The summed E-state index contributed by atoms with van der Waals surface area (Å²) in [6.45, 7) is 6.58. The van der Waals surface area contributed by atoms with Gasteiger partial charge in [-0.15, -0.1) is 0 Å². The topological polar surface area (TPSA) is 103 Å². The van der Waals surface area contributed by atoms with Gasteiger partial charge in [0.05, 0.1) is 47.5 Å². The van der Waals surface area contributed by atoms with Crippen LogP contribution >= 0.6 is 0 Å². The molecule has 0 aliphatic rings. The number of carbonyl (C=O) groups excluding carboxylic acids is 2. The summed E-state index contributed by atoms with van der Waals surface area (Å²) < 4.78 is 8.62. The number of fused-ring (bicyclic) bond motifs is 2. The van der Waals surface area contributed by atoms with Crippen LogP contribution in [0.4, 0.5) is 5.69 Å². The normalized spacial score (nSPS) is 11.2. The minimum Gasteiger partial charge on any atom is -0.462 e. The van der Waals surface area contributed by atoms with Crippen LogP contribution in [-0.4, -0.2) is 42.6 Å². The Bertz CT molecular complexity index is 1600. The van der Waals surface area contributed by atoms with E-state index in [-0.39, 0.29) is 12.5 Å². The van der Waals surface area contributed by atoms with Gasteiger partial charge in [-0.2, -0.15) is 5.10 Å². The third-order valence-corrected chi connectivity index (χ3v) is 5.95. The third-order valence-electron chi connectivity index (χ3n) is 5.95. The number of amides is 1. The number of nitrogens with zero attached hydrogens (tertiary/aromatic N) is 5. The first kappa shape index (κ1) is 23.2. The molecule has 0 saturated heterocycles.